The van der Waals surface area contributed by atoms with Crippen LogP contribution in [0, 0.1) is 40.5 Å². The average Bonchev–Trinajstić information content (AvgIpc) is 0.768. The number of hydrogen-bond acceptors (Lipinski definition) is 0. The van der Waals surface area contributed by atoms with Crippen molar-refractivity contribution in [3.05, 3.63) is 516 Å². The molecule has 16 rings (SSSR count). The molecule has 0 bridgehead atoms. The molecular weight excluding hydrogens is 1890 g/mol. The van der Waals surface area contributed by atoms with E-state index in [4.69, 9.17) is 0 Å². The third kappa shape index (κ3) is 33.0. The summed E-state index contributed by atoms with van der Waals surface area (Å²) >= 11 is 0. The van der Waals surface area contributed by atoms with Crippen LogP contribution in [0.4, 0.5) is 0 Å². The van der Waals surface area contributed by atoms with Gasteiger partial charge in [-0.2, -0.15) is 0 Å². The first kappa shape index (κ1) is 110. The Morgan fingerprint density at radius 2 is 0.281 bits per heavy atom. The van der Waals surface area contributed by atoms with E-state index in [-0.39, 0.29) is 110 Å². The van der Waals surface area contributed by atoms with Crippen molar-refractivity contribution in [3.63, 3.8) is 0 Å². The maximum atomic E-state index is 2.50. The summed E-state index contributed by atoms with van der Waals surface area (Å²) in [5.41, 5.74) is 16.1. The second kappa shape index (κ2) is 54.3. The zero-order valence-corrected chi connectivity index (χ0v) is 86.6. The Balaban J connectivity index is 0.000000333. The van der Waals surface area contributed by atoms with Gasteiger partial charge in [-0.1, -0.05) is 561 Å². The molecule has 0 aliphatic rings. The molecular formula is C118H122Cl4P4Rh2. The van der Waals surface area contributed by atoms with E-state index in [2.05, 4.69) is 488 Å². The van der Waals surface area contributed by atoms with Crippen molar-refractivity contribution in [2.75, 3.05) is 0 Å². The average molecular weight is 2010 g/mol. The SMILES string of the molecule is CC(C)(C)c1ccc([CH-]c2ccc(C(C)(C)C)cc2P(c2ccccc2)c2ccccc2)c(P(c2ccccc2)c2ccccc2)c1.CC(C)(C)c1ccc([CH-]c2ccc(C(C)(C)C)cc2P(c2ccccc2)c2ccccc2)c(P(c2ccccc2)c2ccccc2)c1.Cc1ccccc1.Cc1ccccc1.Cc1ccccc1.Cc1ccccc1.[Cl-].[Cl-].[Cl-].[Cl-].[Rh+3].[Rh+3]. The van der Waals surface area contributed by atoms with Gasteiger partial charge in [-0.3, -0.25) is 0 Å². The summed E-state index contributed by atoms with van der Waals surface area (Å²) < 4.78 is 0. The fourth-order valence-electron chi connectivity index (χ4n) is 14.1. The molecule has 660 valence electrons. The van der Waals surface area contributed by atoms with Crippen molar-refractivity contribution < 1.29 is 88.6 Å². The summed E-state index contributed by atoms with van der Waals surface area (Å²) in [6, 6.07) is 159. The van der Waals surface area contributed by atoms with E-state index in [1.165, 1.54) is 130 Å². The molecule has 16 aromatic carbocycles. The van der Waals surface area contributed by atoms with Gasteiger partial charge in [-0.15, -0.1) is 59.4 Å². The third-order valence-electron chi connectivity index (χ3n) is 21.0. The number of hydrogen-bond donors (Lipinski definition) is 0. The summed E-state index contributed by atoms with van der Waals surface area (Å²) in [6.45, 7) is 36.2. The van der Waals surface area contributed by atoms with Crippen molar-refractivity contribution in [3.8, 4) is 0 Å². The van der Waals surface area contributed by atoms with E-state index in [1.807, 2.05) is 72.8 Å². The van der Waals surface area contributed by atoms with Gasteiger partial charge in [0.05, 0.1) is 0 Å². The summed E-state index contributed by atoms with van der Waals surface area (Å²) in [5.74, 6) is 0. The van der Waals surface area contributed by atoms with Crippen LogP contribution in [0.5, 0.6) is 0 Å². The van der Waals surface area contributed by atoms with E-state index >= 15 is 0 Å². The van der Waals surface area contributed by atoms with Gasteiger partial charge < -0.3 is 49.6 Å². The standard InChI is InChI=1S/2C45H45P2.4C7H8.4ClH.2Rh/c2*1-44(2,3)36-29-27-34(42(32-36)46(38-19-11-7-12-20-38)39-21-13-8-14-22-39)31-35-28-30-37(45(4,5)6)33-43(35)47(40-23-15-9-16-24-40)41-25-17-10-18-26-41;4*1-7-5-3-2-4-6-7;;;;;;/h2*7-33H,1-6H3;4*2-6H,1H3;4*1H;;/q2*-1;;;;;;;;;2*+3/p-4. The van der Waals surface area contributed by atoms with Crippen molar-refractivity contribution in [2.45, 2.75) is 132 Å². The first-order valence-electron chi connectivity index (χ1n) is 42.7. The molecule has 16 aromatic rings. The minimum absolute atomic E-state index is 0. The van der Waals surface area contributed by atoms with Crippen LogP contribution in [0.15, 0.2) is 437 Å². The van der Waals surface area contributed by atoms with Gasteiger partial charge in [0.25, 0.3) is 0 Å². The molecule has 0 radical (unpaired) electrons. The molecule has 0 aliphatic heterocycles. The van der Waals surface area contributed by atoms with Gasteiger partial charge in [0.15, 0.2) is 0 Å². The molecule has 0 saturated heterocycles. The predicted octanol–water partition coefficient (Wildman–Crippen LogP) is 14.8. The van der Waals surface area contributed by atoms with Crippen LogP contribution in [0.3, 0.4) is 0 Å². The molecule has 0 spiro atoms. The van der Waals surface area contributed by atoms with Crippen LogP contribution < -0.4 is 113 Å². The molecule has 128 heavy (non-hydrogen) atoms. The molecule has 0 unspecified atom stereocenters. The molecule has 0 fully saturated rings. The number of halogens is 4. The molecule has 0 amide bonds. The monoisotopic (exact) mass is 2010 g/mol. The number of aryl methyl sites for hydroxylation is 4. The topological polar surface area (TPSA) is 0 Å². The smallest absolute Gasteiger partial charge is 1.00 e. The summed E-state index contributed by atoms with van der Waals surface area (Å²) in [7, 11) is -3.16. The maximum absolute atomic E-state index is 2.50. The molecule has 0 aliphatic carbocycles. The molecule has 0 N–H and O–H groups in total. The normalized spacial score (nSPS) is 10.7. The molecule has 0 atom stereocenters. The van der Waals surface area contributed by atoms with Gasteiger partial charge in [0.1, 0.15) is 0 Å². The van der Waals surface area contributed by atoms with Crippen LogP contribution in [0.2, 0.25) is 0 Å². The summed E-state index contributed by atoms with van der Waals surface area (Å²) in [6.07, 6.45) is 4.96. The van der Waals surface area contributed by atoms with Gasteiger partial charge in [-0.25, -0.2) is 0 Å². The largest absolute Gasteiger partial charge is 3.00 e. The quantitative estimate of drug-likeness (QED) is 0.0514. The minimum atomic E-state index is -0.790. The Kier molecular flexibility index (Phi) is 46.6. The van der Waals surface area contributed by atoms with Crippen LogP contribution in [0.25, 0.3) is 0 Å². The van der Waals surface area contributed by atoms with E-state index in [1.54, 1.807) is 0 Å². The van der Waals surface area contributed by atoms with E-state index in [0.29, 0.717) is 0 Å². The molecule has 0 saturated carbocycles. The molecule has 0 aromatic heterocycles. The Bertz CT molecular complexity index is 4890. The van der Waals surface area contributed by atoms with E-state index < -0.39 is 31.7 Å². The Hall–Kier alpha value is -8.61. The molecule has 0 heterocycles. The van der Waals surface area contributed by atoms with Gasteiger partial charge >= 0.3 is 39.0 Å². The zero-order chi connectivity index (χ0) is 86.5. The molecule has 0 nitrogen and oxygen atoms in total. The first-order valence-corrected chi connectivity index (χ1v) is 48.1. The maximum Gasteiger partial charge on any atom is 3.00 e. The van der Waals surface area contributed by atoms with Crippen LogP contribution in [-0.4, -0.2) is 0 Å². The third-order valence-corrected chi connectivity index (χ3v) is 31.0. The summed E-state index contributed by atoms with van der Waals surface area (Å²) in [4.78, 5) is 0. The molecule has 10 heteroatoms. The number of benzene rings is 16. The predicted molar refractivity (Wildman–Crippen MR) is 545 cm³/mol. The van der Waals surface area contributed by atoms with Crippen molar-refractivity contribution in [1.82, 2.24) is 0 Å². The van der Waals surface area contributed by atoms with Crippen molar-refractivity contribution >= 4 is 95.3 Å². The minimum Gasteiger partial charge on any atom is -1.00 e. The van der Waals surface area contributed by atoms with Crippen LogP contribution >= 0.6 is 31.7 Å². The second-order valence-electron chi connectivity index (χ2n) is 35.0. The van der Waals surface area contributed by atoms with E-state index in [9.17, 15) is 0 Å². The number of rotatable bonds is 16. The zero-order valence-electron chi connectivity index (χ0n) is 76.7. The second-order valence-corrected chi connectivity index (χ2v) is 43.8. The van der Waals surface area contributed by atoms with Gasteiger partial charge in [0, 0.05) is 0 Å². The Morgan fingerprint density at radius 3 is 0.383 bits per heavy atom. The fourth-order valence-corrected chi connectivity index (χ4v) is 23.9. The van der Waals surface area contributed by atoms with Crippen molar-refractivity contribution in [1.29, 1.82) is 0 Å². The first-order chi connectivity index (χ1) is 58.8. The van der Waals surface area contributed by atoms with Crippen LogP contribution in [-0.2, 0) is 60.6 Å². The van der Waals surface area contributed by atoms with Gasteiger partial charge in [0.2, 0.25) is 0 Å². The van der Waals surface area contributed by atoms with E-state index in [0.717, 1.165) is 0 Å². The van der Waals surface area contributed by atoms with Crippen molar-refractivity contribution in [2.24, 2.45) is 0 Å². The summed E-state index contributed by atoms with van der Waals surface area (Å²) in [5, 5.41) is 16.6. The fraction of sp³-hybridized carbons (Fsp3) is 0.169. The van der Waals surface area contributed by atoms with Crippen LogP contribution in [0.1, 0.15) is 150 Å². The van der Waals surface area contributed by atoms with Gasteiger partial charge in [-0.05, 0) is 123 Å². The Morgan fingerprint density at radius 1 is 0.164 bits per heavy atom. The Labute approximate surface area is 825 Å².